The van der Waals surface area contributed by atoms with Crippen LogP contribution in [0, 0.1) is 46.3 Å². The van der Waals surface area contributed by atoms with Crippen LogP contribution in [0.25, 0.3) is 0 Å². The molecule has 6 N–H and O–H groups in total. The van der Waals surface area contributed by atoms with Gasteiger partial charge in [0.15, 0.2) is 18.4 Å². The molecule has 1 spiro atoms. The van der Waals surface area contributed by atoms with Crippen molar-refractivity contribution >= 4 is 0 Å². The molecule has 21 atom stereocenters. The Kier molecular flexibility index (Phi) is 9.83. The molecule has 7 fully saturated rings. The second-order valence-corrected chi connectivity index (χ2v) is 18.3. The van der Waals surface area contributed by atoms with Crippen molar-refractivity contribution in [2.24, 2.45) is 46.3 Å². The first-order valence-corrected chi connectivity index (χ1v) is 19.8. The molecule has 51 heavy (non-hydrogen) atoms. The Hall–Kier alpha value is -0.740. The van der Waals surface area contributed by atoms with Gasteiger partial charge in [0.2, 0.25) is 0 Å². The highest BCUT2D eigenvalue weighted by atomic mass is 16.8. The van der Waals surface area contributed by atoms with Crippen LogP contribution in [0.3, 0.4) is 0 Å². The lowest BCUT2D eigenvalue weighted by molar-refractivity contribution is -0.369. The van der Waals surface area contributed by atoms with Crippen LogP contribution < -0.4 is 0 Å². The summed E-state index contributed by atoms with van der Waals surface area (Å²) in [5, 5.41) is 62.9. The quantitative estimate of drug-likeness (QED) is 0.229. The van der Waals surface area contributed by atoms with E-state index in [1.54, 1.807) is 0 Å². The van der Waals surface area contributed by atoms with Crippen molar-refractivity contribution in [3.05, 3.63) is 11.6 Å². The second-order valence-electron chi connectivity index (χ2n) is 18.3. The van der Waals surface area contributed by atoms with Crippen molar-refractivity contribution in [3.63, 3.8) is 0 Å². The Morgan fingerprint density at radius 2 is 1.61 bits per heavy atom. The van der Waals surface area contributed by atoms with Crippen molar-refractivity contribution in [2.75, 3.05) is 13.2 Å². The summed E-state index contributed by atoms with van der Waals surface area (Å²) >= 11 is 0. The van der Waals surface area contributed by atoms with Gasteiger partial charge in [0, 0.05) is 12.3 Å². The molecule has 4 aliphatic carbocycles. The minimum atomic E-state index is -1.61. The van der Waals surface area contributed by atoms with Crippen LogP contribution in [0.2, 0.25) is 0 Å². The van der Waals surface area contributed by atoms with Gasteiger partial charge in [-0.25, -0.2) is 0 Å². The van der Waals surface area contributed by atoms with Crippen LogP contribution >= 0.6 is 0 Å². The first kappa shape index (κ1) is 37.2. The third kappa shape index (κ3) is 5.84. The molecule has 4 saturated heterocycles. The molecule has 8 aliphatic rings. The molecule has 12 heteroatoms. The molecule has 0 radical (unpaired) electrons. The molecule has 0 aromatic carbocycles. The zero-order valence-corrected chi connectivity index (χ0v) is 30.9. The molecular formula is C39H62O12. The number of fused-ring (bicyclic) bond motifs is 7. The highest BCUT2D eigenvalue weighted by Gasteiger charge is 2.68. The SMILES string of the molecule is CC1OC(OC2C(O[C@H]3CC[C@@]4(C)C(=CC[C@H]5[C@@H]6C[C@@H]7O[C@]8(CC[C@@H](C)CO8)[C@@H](C)[C@@H]7[C@@]6(C)CC[C@@H]54)C3)OC(CO)C(O)C2O)C(O)C(O)C1O. The minimum absolute atomic E-state index is 0.0535. The predicted octanol–water partition coefficient (Wildman–Crippen LogP) is 2.39. The highest BCUT2D eigenvalue weighted by Crippen LogP contribution is 2.70. The molecular weight excluding hydrogens is 660 g/mol. The van der Waals surface area contributed by atoms with Crippen LogP contribution in [0.5, 0.6) is 0 Å². The van der Waals surface area contributed by atoms with Crippen molar-refractivity contribution < 1.29 is 59.1 Å². The molecule has 0 amide bonds. The van der Waals surface area contributed by atoms with Crippen LogP contribution in [0.1, 0.15) is 92.4 Å². The van der Waals surface area contributed by atoms with E-state index in [0.717, 1.165) is 38.7 Å². The summed E-state index contributed by atoms with van der Waals surface area (Å²) in [4.78, 5) is 0. The summed E-state index contributed by atoms with van der Waals surface area (Å²) in [6.07, 6.45) is -1.68. The summed E-state index contributed by atoms with van der Waals surface area (Å²) in [5.41, 5.74) is 1.70. The maximum Gasteiger partial charge on any atom is 0.187 e. The fraction of sp³-hybridized carbons (Fsp3) is 0.949. The van der Waals surface area contributed by atoms with Gasteiger partial charge in [-0.1, -0.05) is 39.3 Å². The van der Waals surface area contributed by atoms with Crippen molar-refractivity contribution in [2.45, 2.75) is 172 Å². The average molecular weight is 723 g/mol. The summed E-state index contributed by atoms with van der Waals surface area (Å²) in [7, 11) is 0. The van der Waals surface area contributed by atoms with Crippen LogP contribution in [-0.2, 0) is 28.4 Å². The summed E-state index contributed by atoms with van der Waals surface area (Å²) in [6.45, 7) is 11.5. The van der Waals surface area contributed by atoms with Crippen molar-refractivity contribution in [1.29, 1.82) is 0 Å². The molecule has 10 unspecified atom stereocenters. The third-order valence-electron chi connectivity index (χ3n) is 15.6. The van der Waals surface area contributed by atoms with Gasteiger partial charge in [-0.2, -0.15) is 0 Å². The second kappa shape index (κ2) is 13.5. The molecule has 4 heterocycles. The third-order valence-corrected chi connectivity index (χ3v) is 15.6. The van der Waals surface area contributed by atoms with Gasteiger partial charge in [0.25, 0.3) is 0 Å². The van der Waals surface area contributed by atoms with Crippen LogP contribution in [0.4, 0.5) is 0 Å². The summed E-state index contributed by atoms with van der Waals surface area (Å²) in [5.74, 6) is 2.92. The molecule has 0 bridgehead atoms. The lowest BCUT2D eigenvalue weighted by Gasteiger charge is -2.58. The molecule has 4 aliphatic heterocycles. The minimum Gasteiger partial charge on any atom is -0.394 e. The van der Waals surface area contributed by atoms with E-state index in [9.17, 15) is 30.6 Å². The van der Waals surface area contributed by atoms with E-state index in [1.165, 1.54) is 31.8 Å². The zero-order chi connectivity index (χ0) is 36.2. The average Bonchev–Trinajstić information content (AvgIpc) is 3.56. The van der Waals surface area contributed by atoms with E-state index in [4.69, 9.17) is 28.4 Å². The number of aliphatic hydroxyl groups excluding tert-OH is 6. The Morgan fingerprint density at radius 1 is 0.824 bits per heavy atom. The van der Waals surface area contributed by atoms with Gasteiger partial charge in [0.05, 0.1) is 31.5 Å². The van der Waals surface area contributed by atoms with Gasteiger partial charge in [-0.3, -0.25) is 0 Å². The molecule has 290 valence electrons. The number of aliphatic hydroxyl groups is 6. The topological polar surface area (TPSA) is 177 Å². The van der Waals surface area contributed by atoms with E-state index >= 15 is 0 Å². The van der Waals surface area contributed by atoms with Crippen LogP contribution in [0.15, 0.2) is 11.6 Å². The monoisotopic (exact) mass is 722 g/mol. The van der Waals surface area contributed by atoms with Gasteiger partial charge in [-0.15, -0.1) is 0 Å². The summed E-state index contributed by atoms with van der Waals surface area (Å²) in [6, 6.07) is 0. The van der Waals surface area contributed by atoms with Gasteiger partial charge in [0.1, 0.15) is 42.7 Å². The highest BCUT2D eigenvalue weighted by molar-refractivity contribution is 5.26. The standard InChI is InChI=1S/C39H62O12/c1-18-8-13-39(46-17-18)19(2)28-26(51-39)15-25-23-7-6-21-14-22(9-11-37(21,4)24(23)10-12-38(25,28)5)48-36-34(32(44)30(42)27(16-40)49-36)50-35-33(45)31(43)29(41)20(3)47-35/h6,18-20,22-36,40-45H,7-17H2,1-5H3/t18-,19+,20?,22+,23-,24+,25+,26+,27?,28+,29?,30?,31?,32?,33?,34?,35?,36?,37+,38+,39-/m1/s1. The van der Waals surface area contributed by atoms with Gasteiger partial charge < -0.3 is 59.1 Å². The van der Waals surface area contributed by atoms with Crippen molar-refractivity contribution in [3.8, 4) is 0 Å². The number of hydrogen-bond donors (Lipinski definition) is 6. The maximum absolute atomic E-state index is 11.1. The van der Waals surface area contributed by atoms with Crippen LogP contribution in [-0.4, -0.2) is 123 Å². The Labute approximate surface area is 301 Å². The Bertz CT molecular complexity index is 1300. The van der Waals surface area contributed by atoms with E-state index in [-0.39, 0.29) is 23.0 Å². The fourth-order valence-electron chi connectivity index (χ4n) is 12.5. The lowest BCUT2D eigenvalue weighted by atomic mass is 9.47. The molecule has 3 saturated carbocycles. The first-order valence-electron chi connectivity index (χ1n) is 19.8. The lowest BCUT2D eigenvalue weighted by Crippen LogP contribution is -2.64. The Balaban J connectivity index is 0.964. The van der Waals surface area contributed by atoms with E-state index in [1.807, 2.05) is 0 Å². The summed E-state index contributed by atoms with van der Waals surface area (Å²) < 4.78 is 37.6. The number of rotatable bonds is 5. The number of hydrogen-bond acceptors (Lipinski definition) is 12. The smallest absolute Gasteiger partial charge is 0.187 e. The number of ether oxygens (including phenoxy) is 6. The zero-order valence-electron chi connectivity index (χ0n) is 30.9. The predicted molar refractivity (Wildman–Crippen MR) is 182 cm³/mol. The first-order chi connectivity index (χ1) is 24.2. The molecule has 0 aromatic heterocycles. The largest absolute Gasteiger partial charge is 0.394 e. The normalized spacial score (nSPS) is 58.4. The Morgan fingerprint density at radius 3 is 2.33 bits per heavy atom. The van der Waals surface area contributed by atoms with Gasteiger partial charge >= 0.3 is 0 Å². The molecule has 12 nitrogen and oxygen atoms in total. The number of allylic oxidation sites excluding steroid dienone is 1. The van der Waals surface area contributed by atoms with Gasteiger partial charge in [-0.05, 0) is 98.7 Å². The van der Waals surface area contributed by atoms with E-state index in [2.05, 4.69) is 33.8 Å². The van der Waals surface area contributed by atoms with E-state index < -0.39 is 73.8 Å². The van der Waals surface area contributed by atoms with E-state index in [0.29, 0.717) is 41.9 Å². The van der Waals surface area contributed by atoms with Crippen molar-refractivity contribution in [1.82, 2.24) is 0 Å². The fourth-order valence-corrected chi connectivity index (χ4v) is 12.5. The molecule has 0 aromatic rings. The maximum atomic E-state index is 11.1. The molecule has 8 rings (SSSR count).